The summed E-state index contributed by atoms with van der Waals surface area (Å²) in [5.74, 6) is -4.69. The van der Waals surface area contributed by atoms with Crippen LogP contribution in [0.1, 0.15) is 19.8 Å². The molecule has 2 aliphatic rings. The lowest BCUT2D eigenvalue weighted by molar-refractivity contribution is -0.144. The van der Waals surface area contributed by atoms with Gasteiger partial charge in [-0.2, -0.15) is 8.78 Å². The van der Waals surface area contributed by atoms with Crippen molar-refractivity contribution in [3.63, 3.8) is 0 Å². The van der Waals surface area contributed by atoms with Crippen LogP contribution in [0.15, 0.2) is 36.0 Å². The van der Waals surface area contributed by atoms with Crippen molar-refractivity contribution in [2.24, 2.45) is 11.8 Å². The van der Waals surface area contributed by atoms with Gasteiger partial charge in [0.05, 0.1) is 0 Å². The molecule has 0 heterocycles. The third-order valence-electron chi connectivity index (χ3n) is 3.13. The third-order valence-corrected chi connectivity index (χ3v) is 3.13. The van der Waals surface area contributed by atoms with Crippen LogP contribution in [0, 0.1) is 11.8 Å². The summed E-state index contributed by atoms with van der Waals surface area (Å²) in [6.07, 6.45) is 10.7. The van der Waals surface area contributed by atoms with Crippen LogP contribution in [0.2, 0.25) is 0 Å². The second-order valence-corrected chi connectivity index (χ2v) is 4.41. The molecular weight excluding hydrogens is 210 g/mol. The average Bonchev–Trinajstić information content (AvgIpc) is 2.26. The van der Waals surface area contributed by atoms with E-state index in [1.165, 1.54) is 0 Å². The predicted octanol–water partition coefficient (Wildman–Crippen LogP) is 3.29. The van der Waals surface area contributed by atoms with Gasteiger partial charge in [-0.25, -0.2) is 0 Å². The van der Waals surface area contributed by atoms with Crippen LogP contribution in [-0.2, 0) is 4.79 Å². The molecule has 0 aromatic carbocycles. The van der Waals surface area contributed by atoms with E-state index in [4.69, 9.17) is 0 Å². The molecule has 1 nitrogen and oxygen atoms in total. The number of fused-ring (bicyclic) bond motifs is 1. The predicted molar refractivity (Wildman–Crippen MR) is 58.2 cm³/mol. The number of alkyl halides is 2. The Kier molecular flexibility index (Phi) is 2.78. The molecule has 0 saturated heterocycles. The molecule has 16 heavy (non-hydrogen) atoms. The van der Waals surface area contributed by atoms with Gasteiger partial charge in [-0.1, -0.05) is 36.0 Å². The molecule has 0 aromatic rings. The molecule has 2 atom stereocenters. The number of ketones is 1. The fourth-order valence-corrected chi connectivity index (χ4v) is 2.31. The number of rotatable bonds is 2. The van der Waals surface area contributed by atoms with Gasteiger partial charge in [-0.05, 0) is 12.8 Å². The van der Waals surface area contributed by atoms with Crippen molar-refractivity contribution in [2.45, 2.75) is 25.7 Å². The third kappa shape index (κ3) is 1.99. The van der Waals surface area contributed by atoms with E-state index in [0.717, 1.165) is 12.0 Å². The molecule has 0 radical (unpaired) electrons. The Labute approximate surface area is 93.5 Å². The SMILES string of the molecule is CC(F)(F)C(=O)C1CC=CC2CC=CC=C21. The molecule has 2 rings (SSSR count). The van der Waals surface area contributed by atoms with E-state index in [1.54, 1.807) is 0 Å². The summed E-state index contributed by atoms with van der Waals surface area (Å²) in [5.41, 5.74) is 0.844. The van der Waals surface area contributed by atoms with Crippen molar-refractivity contribution < 1.29 is 13.6 Å². The Morgan fingerprint density at radius 1 is 1.38 bits per heavy atom. The summed E-state index contributed by atoms with van der Waals surface area (Å²) in [6.45, 7) is 0.682. The minimum atomic E-state index is -3.23. The standard InChI is InChI=1S/C13H14F2O/c1-13(14,15)12(16)11-8-4-6-9-5-2-3-7-10(9)11/h2-4,6-7,9,11H,5,8H2,1H3. The first-order chi connectivity index (χ1) is 7.50. The summed E-state index contributed by atoms with van der Waals surface area (Å²) < 4.78 is 26.1. The number of carbonyl (C=O) groups is 1. The highest BCUT2D eigenvalue weighted by molar-refractivity contribution is 5.90. The van der Waals surface area contributed by atoms with Crippen LogP contribution in [-0.4, -0.2) is 11.7 Å². The number of hydrogen-bond acceptors (Lipinski definition) is 1. The molecule has 3 heteroatoms. The highest BCUT2D eigenvalue weighted by atomic mass is 19.3. The molecule has 0 bridgehead atoms. The maximum Gasteiger partial charge on any atom is 0.303 e. The van der Waals surface area contributed by atoms with Crippen LogP contribution in [0.3, 0.4) is 0 Å². The van der Waals surface area contributed by atoms with E-state index in [9.17, 15) is 13.6 Å². The molecule has 0 N–H and O–H groups in total. The van der Waals surface area contributed by atoms with Crippen molar-refractivity contribution in [3.05, 3.63) is 36.0 Å². The summed E-state index contributed by atoms with van der Waals surface area (Å²) in [7, 11) is 0. The topological polar surface area (TPSA) is 17.1 Å². The zero-order valence-electron chi connectivity index (χ0n) is 9.12. The minimum Gasteiger partial charge on any atom is -0.292 e. The van der Waals surface area contributed by atoms with Gasteiger partial charge < -0.3 is 0 Å². The summed E-state index contributed by atoms with van der Waals surface area (Å²) in [4.78, 5) is 11.6. The van der Waals surface area contributed by atoms with Crippen molar-refractivity contribution in [1.82, 2.24) is 0 Å². The van der Waals surface area contributed by atoms with Crippen molar-refractivity contribution in [1.29, 1.82) is 0 Å². The quantitative estimate of drug-likeness (QED) is 0.658. The Balaban J connectivity index is 2.29. The molecule has 0 aromatic heterocycles. The Morgan fingerprint density at radius 2 is 2.12 bits per heavy atom. The van der Waals surface area contributed by atoms with Gasteiger partial charge in [-0.3, -0.25) is 4.79 Å². The largest absolute Gasteiger partial charge is 0.303 e. The Morgan fingerprint density at radius 3 is 2.81 bits per heavy atom. The summed E-state index contributed by atoms with van der Waals surface area (Å²) in [5, 5.41) is 0. The highest BCUT2D eigenvalue weighted by Gasteiger charge is 2.41. The first kappa shape index (κ1) is 11.2. The second-order valence-electron chi connectivity index (χ2n) is 4.41. The minimum absolute atomic E-state index is 0.134. The number of hydrogen-bond donors (Lipinski definition) is 0. The molecule has 86 valence electrons. The monoisotopic (exact) mass is 224 g/mol. The van der Waals surface area contributed by atoms with Crippen molar-refractivity contribution in [3.8, 4) is 0 Å². The molecular formula is C13H14F2O. The smallest absolute Gasteiger partial charge is 0.292 e. The van der Waals surface area contributed by atoms with E-state index in [0.29, 0.717) is 13.3 Å². The van der Waals surface area contributed by atoms with Gasteiger partial charge in [0.1, 0.15) is 0 Å². The molecule has 0 amide bonds. The van der Waals surface area contributed by atoms with Gasteiger partial charge in [0, 0.05) is 18.8 Å². The van der Waals surface area contributed by atoms with E-state index in [1.807, 2.05) is 30.4 Å². The van der Waals surface area contributed by atoms with Crippen LogP contribution in [0.5, 0.6) is 0 Å². The zero-order chi connectivity index (χ0) is 11.8. The van der Waals surface area contributed by atoms with Crippen LogP contribution in [0.4, 0.5) is 8.78 Å². The van der Waals surface area contributed by atoms with E-state index >= 15 is 0 Å². The number of allylic oxidation sites excluding steroid dienone is 6. The summed E-state index contributed by atoms with van der Waals surface area (Å²) >= 11 is 0. The Bertz CT molecular complexity index is 385. The molecule has 2 unspecified atom stereocenters. The van der Waals surface area contributed by atoms with Crippen molar-refractivity contribution in [2.75, 3.05) is 0 Å². The maximum absolute atomic E-state index is 13.0. The molecule has 0 aliphatic heterocycles. The van der Waals surface area contributed by atoms with Gasteiger partial charge in [-0.15, -0.1) is 0 Å². The fourth-order valence-electron chi connectivity index (χ4n) is 2.31. The first-order valence-electron chi connectivity index (χ1n) is 5.45. The zero-order valence-corrected chi connectivity index (χ0v) is 9.12. The van der Waals surface area contributed by atoms with Crippen LogP contribution < -0.4 is 0 Å². The average molecular weight is 224 g/mol. The number of Topliss-reactive ketones (excluding diaryl/α,β-unsaturated/α-hetero) is 1. The number of carbonyl (C=O) groups excluding carboxylic acids is 1. The highest BCUT2D eigenvalue weighted by Crippen LogP contribution is 2.37. The van der Waals surface area contributed by atoms with E-state index in [2.05, 4.69) is 0 Å². The molecule has 0 saturated carbocycles. The first-order valence-corrected chi connectivity index (χ1v) is 5.45. The van der Waals surface area contributed by atoms with Crippen LogP contribution in [0.25, 0.3) is 0 Å². The Hall–Kier alpha value is -1.25. The molecule has 2 aliphatic carbocycles. The maximum atomic E-state index is 13.0. The van der Waals surface area contributed by atoms with Crippen LogP contribution >= 0.6 is 0 Å². The fraction of sp³-hybridized carbons (Fsp3) is 0.462. The van der Waals surface area contributed by atoms with Crippen molar-refractivity contribution >= 4 is 5.78 Å². The van der Waals surface area contributed by atoms with E-state index in [-0.39, 0.29) is 5.92 Å². The second kappa shape index (κ2) is 3.96. The molecule has 0 spiro atoms. The summed E-state index contributed by atoms with van der Waals surface area (Å²) in [6, 6.07) is 0. The molecule has 0 fully saturated rings. The normalized spacial score (nSPS) is 28.6. The lowest BCUT2D eigenvalue weighted by Crippen LogP contribution is -2.35. The van der Waals surface area contributed by atoms with Gasteiger partial charge >= 0.3 is 5.92 Å². The van der Waals surface area contributed by atoms with Gasteiger partial charge in [0.25, 0.3) is 0 Å². The number of halogens is 2. The van der Waals surface area contributed by atoms with Gasteiger partial charge in [0.15, 0.2) is 0 Å². The lowest BCUT2D eigenvalue weighted by atomic mass is 9.75. The van der Waals surface area contributed by atoms with Gasteiger partial charge in [0.2, 0.25) is 5.78 Å². The van der Waals surface area contributed by atoms with E-state index < -0.39 is 17.6 Å². The lowest BCUT2D eigenvalue weighted by Gasteiger charge is -2.30.